The molecular weight excluding hydrogens is 252 g/mol. The first kappa shape index (κ1) is 13.6. The Hall–Kier alpha value is -1.35. The lowest BCUT2D eigenvalue weighted by Crippen LogP contribution is -2.15. The topological polar surface area (TPSA) is 46.5 Å². The molecule has 0 heterocycles. The molecule has 1 unspecified atom stereocenters. The van der Waals surface area contributed by atoms with Gasteiger partial charge in [0.25, 0.3) is 0 Å². The molecule has 0 aliphatic heterocycles. The van der Waals surface area contributed by atoms with Gasteiger partial charge in [0.15, 0.2) is 0 Å². The van der Waals surface area contributed by atoms with Crippen LogP contribution >= 0.6 is 0 Å². The van der Waals surface area contributed by atoms with Gasteiger partial charge in [0.1, 0.15) is 0 Å². The summed E-state index contributed by atoms with van der Waals surface area (Å²) in [5.74, 6) is 0.0617. The van der Waals surface area contributed by atoms with Crippen LogP contribution < -0.4 is 0 Å². The molecule has 1 atom stereocenters. The summed E-state index contributed by atoms with van der Waals surface area (Å²) in [6.07, 6.45) is 5.81. The quantitative estimate of drug-likeness (QED) is 0.829. The summed E-state index contributed by atoms with van der Waals surface area (Å²) in [7, 11) is 1.79. The molecular formula is C17H22O3. The van der Waals surface area contributed by atoms with E-state index < -0.39 is 5.97 Å². The van der Waals surface area contributed by atoms with Crippen molar-refractivity contribution in [1.29, 1.82) is 0 Å². The van der Waals surface area contributed by atoms with Crippen LogP contribution in [0.3, 0.4) is 0 Å². The van der Waals surface area contributed by atoms with Gasteiger partial charge >= 0.3 is 5.97 Å². The number of aliphatic carboxylic acids is 1. The summed E-state index contributed by atoms with van der Waals surface area (Å²) < 4.78 is 5.58. The van der Waals surface area contributed by atoms with Crippen LogP contribution in [-0.2, 0) is 16.0 Å². The lowest BCUT2D eigenvalue weighted by molar-refractivity contribution is -0.137. The van der Waals surface area contributed by atoms with Crippen molar-refractivity contribution in [3.05, 3.63) is 35.4 Å². The predicted octanol–water partition coefficient (Wildman–Crippen LogP) is 3.38. The minimum Gasteiger partial charge on any atom is -0.481 e. The van der Waals surface area contributed by atoms with E-state index in [9.17, 15) is 4.79 Å². The molecule has 108 valence electrons. The lowest BCUT2D eigenvalue weighted by atomic mass is 9.89. The summed E-state index contributed by atoms with van der Waals surface area (Å²) in [5, 5.41) is 9.11. The van der Waals surface area contributed by atoms with E-state index in [4.69, 9.17) is 9.84 Å². The van der Waals surface area contributed by atoms with E-state index in [0.717, 1.165) is 19.3 Å². The normalized spacial score (nSPS) is 21.4. The van der Waals surface area contributed by atoms with Crippen molar-refractivity contribution in [2.75, 3.05) is 7.11 Å². The monoisotopic (exact) mass is 274 g/mol. The van der Waals surface area contributed by atoms with Crippen molar-refractivity contribution in [1.82, 2.24) is 0 Å². The summed E-state index contributed by atoms with van der Waals surface area (Å²) in [4.78, 5) is 11.1. The Morgan fingerprint density at radius 3 is 2.75 bits per heavy atom. The summed E-state index contributed by atoms with van der Waals surface area (Å²) in [5.41, 5.74) is 2.53. The van der Waals surface area contributed by atoms with Gasteiger partial charge in [0.05, 0.1) is 12.0 Å². The van der Waals surface area contributed by atoms with Crippen LogP contribution in [0.5, 0.6) is 0 Å². The van der Waals surface area contributed by atoms with Crippen molar-refractivity contribution >= 4 is 5.97 Å². The Morgan fingerprint density at radius 2 is 2.20 bits per heavy atom. The van der Waals surface area contributed by atoms with E-state index in [0.29, 0.717) is 5.92 Å². The van der Waals surface area contributed by atoms with Crippen LogP contribution in [0.4, 0.5) is 0 Å². The highest BCUT2D eigenvalue weighted by Crippen LogP contribution is 2.45. The highest BCUT2D eigenvalue weighted by atomic mass is 16.5. The first-order chi connectivity index (χ1) is 9.62. The second-order valence-corrected chi connectivity index (χ2v) is 6.35. The summed E-state index contributed by atoms with van der Waals surface area (Å²) in [6, 6.07) is 8.48. The van der Waals surface area contributed by atoms with Crippen molar-refractivity contribution < 1.29 is 14.6 Å². The maximum atomic E-state index is 11.1. The van der Waals surface area contributed by atoms with Crippen LogP contribution in [-0.4, -0.2) is 23.8 Å². The van der Waals surface area contributed by atoms with E-state index in [1.165, 1.54) is 24.0 Å². The van der Waals surface area contributed by atoms with E-state index >= 15 is 0 Å². The molecule has 1 N–H and O–H groups in total. The van der Waals surface area contributed by atoms with E-state index in [2.05, 4.69) is 24.3 Å². The maximum Gasteiger partial charge on any atom is 0.303 e. The van der Waals surface area contributed by atoms with Gasteiger partial charge in [0.2, 0.25) is 0 Å². The minimum atomic E-state index is -0.692. The van der Waals surface area contributed by atoms with Crippen LogP contribution in [0.1, 0.15) is 49.1 Å². The van der Waals surface area contributed by atoms with E-state index in [1.54, 1.807) is 7.11 Å². The highest BCUT2D eigenvalue weighted by molar-refractivity contribution is 5.68. The van der Waals surface area contributed by atoms with Gasteiger partial charge in [-0.2, -0.15) is 0 Å². The zero-order valence-electron chi connectivity index (χ0n) is 12.0. The molecule has 20 heavy (non-hydrogen) atoms. The number of carboxylic acids is 1. The second-order valence-electron chi connectivity index (χ2n) is 6.35. The number of hydrogen-bond donors (Lipinski definition) is 1. The van der Waals surface area contributed by atoms with Crippen LogP contribution in [0.25, 0.3) is 0 Å². The first-order valence-electron chi connectivity index (χ1n) is 7.48. The molecule has 2 aliphatic rings. The maximum absolute atomic E-state index is 11.1. The number of ether oxygens (including phenoxy) is 1. The van der Waals surface area contributed by atoms with Crippen molar-refractivity contribution in [2.45, 2.75) is 50.0 Å². The largest absolute Gasteiger partial charge is 0.481 e. The van der Waals surface area contributed by atoms with E-state index in [1.807, 2.05) is 0 Å². The molecule has 3 heteroatoms. The van der Waals surface area contributed by atoms with Gasteiger partial charge in [-0.05, 0) is 48.6 Å². The fourth-order valence-corrected chi connectivity index (χ4v) is 3.14. The molecule has 0 saturated heterocycles. The molecule has 3 rings (SSSR count). The third-order valence-electron chi connectivity index (χ3n) is 4.73. The summed E-state index contributed by atoms with van der Waals surface area (Å²) in [6.45, 7) is 0. The molecule has 2 aliphatic carbocycles. The first-order valence-corrected chi connectivity index (χ1v) is 7.48. The van der Waals surface area contributed by atoms with Gasteiger partial charge < -0.3 is 9.84 Å². The molecule has 2 saturated carbocycles. The molecule has 2 fully saturated rings. The zero-order valence-corrected chi connectivity index (χ0v) is 12.0. The predicted molar refractivity (Wildman–Crippen MR) is 76.8 cm³/mol. The molecule has 1 aromatic carbocycles. The average molecular weight is 274 g/mol. The Labute approximate surface area is 120 Å². The number of rotatable bonds is 7. The molecule has 3 nitrogen and oxygen atoms in total. The minimum absolute atomic E-state index is 0.0561. The van der Waals surface area contributed by atoms with Crippen LogP contribution in [0, 0.1) is 5.92 Å². The van der Waals surface area contributed by atoms with Crippen LogP contribution in [0.2, 0.25) is 0 Å². The zero-order chi connectivity index (χ0) is 14.2. The molecule has 0 spiro atoms. The number of carbonyl (C=O) groups is 1. The van der Waals surface area contributed by atoms with Gasteiger partial charge in [-0.15, -0.1) is 0 Å². The number of carboxylic acid groups (broad SMARTS) is 1. The Kier molecular flexibility index (Phi) is 3.55. The molecule has 0 aromatic heterocycles. The van der Waals surface area contributed by atoms with Crippen molar-refractivity contribution in [2.24, 2.45) is 5.92 Å². The Balaban J connectivity index is 1.76. The third-order valence-corrected chi connectivity index (χ3v) is 4.73. The van der Waals surface area contributed by atoms with Gasteiger partial charge in [0, 0.05) is 13.5 Å². The van der Waals surface area contributed by atoms with E-state index in [-0.39, 0.29) is 17.9 Å². The molecule has 0 bridgehead atoms. The highest BCUT2D eigenvalue weighted by Gasteiger charge is 2.43. The molecule has 0 radical (unpaired) electrons. The SMILES string of the molecule is COC1(Cc2cccc(C(CC(=O)O)C3CC3)c2)CC1. The van der Waals surface area contributed by atoms with Crippen molar-refractivity contribution in [3.8, 4) is 0 Å². The number of hydrogen-bond acceptors (Lipinski definition) is 2. The fourth-order valence-electron chi connectivity index (χ4n) is 3.14. The summed E-state index contributed by atoms with van der Waals surface area (Å²) >= 11 is 0. The average Bonchev–Trinajstić information content (AvgIpc) is 3.31. The third kappa shape index (κ3) is 3.04. The second kappa shape index (κ2) is 5.21. The lowest BCUT2D eigenvalue weighted by Gasteiger charge is -2.18. The Bertz CT molecular complexity index is 501. The van der Waals surface area contributed by atoms with Gasteiger partial charge in [-0.1, -0.05) is 24.3 Å². The fraction of sp³-hybridized carbons (Fsp3) is 0.588. The molecule has 0 amide bonds. The smallest absolute Gasteiger partial charge is 0.303 e. The number of methoxy groups -OCH3 is 1. The van der Waals surface area contributed by atoms with Gasteiger partial charge in [-0.3, -0.25) is 4.79 Å². The van der Waals surface area contributed by atoms with Gasteiger partial charge in [-0.25, -0.2) is 0 Å². The van der Waals surface area contributed by atoms with Crippen molar-refractivity contribution in [3.63, 3.8) is 0 Å². The number of benzene rings is 1. The standard InChI is InChI=1S/C17H22O3/c1-20-17(7-8-17)11-12-3-2-4-14(9-12)15(10-16(18)19)13-5-6-13/h2-4,9,13,15H,5-8,10-11H2,1H3,(H,18,19). The Morgan fingerprint density at radius 1 is 1.45 bits per heavy atom. The van der Waals surface area contributed by atoms with Crippen LogP contribution in [0.15, 0.2) is 24.3 Å². The molecule has 1 aromatic rings.